The SMILES string of the molecule is CC(C)NC(=O)N(C)Cc1cccc(C#CCO)c1. The summed E-state index contributed by atoms with van der Waals surface area (Å²) in [6.45, 7) is 4.22. The number of nitrogens with one attached hydrogen (secondary N) is 1. The molecule has 0 bridgehead atoms. The monoisotopic (exact) mass is 260 g/mol. The van der Waals surface area contributed by atoms with E-state index in [9.17, 15) is 4.79 Å². The lowest BCUT2D eigenvalue weighted by atomic mass is 10.1. The first-order valence-electron chi connectivity index (χ1n) is 6.23. The molecular formula is C15H20N2O2. The Morgan fingerprint density at radius 2 is 2.21 bits per heavy atom. The minimum absolute atomic E-state index is 0.0955. The molecule has 0 heterocycles. The number of aliphatic hydroxyl groups is 1. The lowest BCUT2D eigenvalue weighted by Gasteiger charge is -2.19. The standard InChI is InChI=1S/C15H20N2O2/c1-12(2)16-15(19)17(3)11-14-7-4-6-13(10-14)8-5-9-18/h4,6-7,10,12,18H,9,11H2,1-3H3,(H,16,19). The summed E-state index contributed by atoms with van der Waals surface area (Å²) in [5.41, 5.74) is 1.84. The number of carbonyl (C=O) groups excluding carboxylic acids is 1. The van der Waals surface area contributed by atoms with Gasteiger partial charge in [-0.05, 0) is 31.5 Å². The van der Waals surface area contributed by atoms with Crippen LogP contribution in [0, 0.1) is 11.8 Å². The molecule has 2 amide bonds. The van der Waals surface area contributed by atoms with Crippen LogP contribution in [-0.4, -0.2) is 35.7 Å². The Morgan fingerprint density at radius 3 is 2.84 bits per heavy atom. The molecule has 0 spiro atoms. The van der Waals surface area contributed by atoms with Crippen LogP contribution < -0.4 is 5.32 Å². The zero-order valence-corrected chi connectivity index (χ0v) is 11.6. The molecule has 0 radical (unpaired) electrons. The van der Waals surface area contributed by atoms with Crippen molar-refractivity contribution < 1.29 is 9.90 Å². The van der Waals surface area contributed by atoms with Crippen molar-refractivity contribution in [3.63, 3.8) is 0 Å². The van der Waals surface area contributed by atoms with Crippen molar-refractivity contribution in [1.82, 2.24) is 10.2 Å². The highest BCUT2D eigenvalue weighted by molar-refractivity contribution is 5.74. The van der Waals surface area contributed by atoms with E-state index in [1.807, 2.05) is 38.1 Å². The van der Waals surface area contributed by atoms with Crippen LogP contribution in [0.15, 0.2) is 24.3 Å². The van der Waals surface area contributed by atoms with Gasteiger partial charge in [0, 0.05) is 25.2 Å². The van der Waals surface area contributed by atoms with Crippen LogP contribution >= 0.6 is 0 Å². The number of carbonyl (C=O) groups is 1. The predicted molar refractivity (Wildman–Crippen MR) is 75.5 cm³/mol. The van der Waals surface area contributed by atoms with E-state index in [0.717, 1.165) is 11.1 Å². The number of nitrogens with zero attached hydrogens (tertiary/aromatic N) is 1. The van der Waals surface area contributed by atoms with Gasteiger partial charge < -0.3 is 15.3 Å². The molecule has 0 unspecified atom stereocenters. The molecule has 102 valence electrons. The molecule has 19 heavy (non-hydrogen) atoms. The van der Waals surface area contributed by atoms with Crippen molar-refractivity contribution in [3.05, 3.63) is 35.4 Å². The Morgan fingerprint density at radius 1 is 1.47 bits per heavy atom. The van der Waals surface area contributed by atoms with Crippen LogP contribution in [0.1, 0.15) is 25.0 Å². The van der Waals surface area contributed by atoms with Crippen molar-refractivity contribution >= 4 is 6.03 Å². The Labute approximate surface area is 114 Å². The maximum absolute atomic E-state index is 11.8. The molecule has 4 heteroatoms. The van der Waals surface area contributed by atoms with E-state index in [0.29, 0.717) is 6.54 Å². The van der Waals surface area contributed by atoms with E-state index < -0.39 is 0 Å². The van der Waals surface area contributed by atoms with Gasteiger partial charge in [-0.25, -0.2) is 4.79 Å². The zero-order valence-electron chi connectivity index (χ0n) is 11.6. The number of amides is 2. The average Bonchev–Trinajstić information content (AvgIpc) is 2.36. The number of rotatable bonds is 3. The van der Waals surface area contributed by atoms with E-state index in [1.165, 1.54) is 0 Å². The largest absolute Gasteiger partial charge is 0.384 e. The maximum Gasteiger partial charge on any atom is 0.317 e. The molecule has 0 fully saturated rings. The Kier molecular flexibility index (Phi) is 5.91. The molecule has 0 aliphatic carbocycles. The summed E-state index contributed by atoms with van der Waals surface area (Å²) < 4.78 is 0. The molecule has 1 rings (SSSR count). The van der Waals surface area contributed by atoms with Gasteiger partial charge in [0.15, 0.2) is 0 Å². The van der Waals surface area contributed by atoms with E-state index in [1.54, 1.807) is 11.9 Å². The van der Waals surface area contributed by atoms with Gasteiger partial charge in [-0.3, -0.25) is 0 Å². The Balaban J connectivity index is 2.68. The van der Waals surface area contributed by atoms with Gasteiger partial charge in [0.05, 0.1) is 0 Å². The summed E-state index contributed by atoms with van der Waals surface area (Å²) in [6.07, 6.45) is 0. The van der Waals surface area contributed by atoms with Crippen LogP contribution in [0.25, 0.3) is 0 Å². The van der Waals surface area contributed by atoms with Crippen molar-refractivity contribution in [2.24, 2.45) is 0 Å². The summed E-state index contributed by atoms with van der Waals surface area (Å²) in [5, 5.41) is 11.5. The van der Waals surface area contributed by atoms with Crippen LogP contribution in [0.2, 0.25) is 0 Å². The molecule has 0 saturated carbocycles. The first-order chi connectivity index (χ1) is 9.02. The summed E-state index contributed by atoms with van der Waals surface area (Å²) in [5.74, 6) is 5.46. The molecule has 0 atom stereocenters. The summed E-state index contributed by atoms with van der Waals surface area (Å²) in [7, 11) is 1.75. The Hall–Kier alpha value is -1.99. The van der Waals surface area contributed by atoms with Gasteiger partial charge in [0.2, 0.25) is 0 Å². The van der Waals surface area contributed by atoms with Gasteiger partial charge in [0.25, 0.3) is 0 Å². The highest BCUT2D eigenvalue weighted by atomic mass is 16.2. The zero-order chi connectivity index (χ0) is 14.3. The van der Waals surface area contributed by atoms with Gasteiger partial charge in [-0.2, -0.15) is 0 Å². The van der Waals surface area contributed by atoms with E-state index >= 15 is 0 Å². The second-order valence-corrected chi connectivity index (χ2v) is 4.62. The van der Waals surface area contributed by atoms with Crippen LogP contribution in [0.3, 0.4) is 0 Å². The molecule has 0 saturated heterocycles. The predicted octanol–water partition coefficient (Wildman–Crippen LogP) is 1.58. The third-order valence-corrected chi connectivity index (χ3v) is 2.42. The number of aliphatic hydroxyl groups excluding tert-OH is 1. The molecule has 1 aromatic rings. The average molecular weight is 260 g/mol. The molecule has 0 aliphatic rings. The second-order valence-electron chi connectivity index (χ2n) is 4.62. The van der Waals surface area contributed by atoms with Gasteiger partial charge >= 0.3 is 6.03 Å². The molecule has 0 aliphatic heterocycles. The minimum Gasteiger partial charge on any atom is -0.384 e. The van der Waals surface area contributed by atoms with Crippen LogP contribution in [0.4, 0.5) is 4.79 Å². The molecule has 2 N–H and O–H groups in total. The molecule has 4 nitrogen and oxygen atoms in total. The third kappa shape index (κ3) is 5.45. The first kappa shape index (κ1) is 15.1. The van der Waals surface area contributed by atoms with Crippen LogP contribution in [-0.2, 0) is 6.54 Å². The van der Waals surface area contributed by atoms with Crippen molar-refractivity contribution in [3.8, 4) is 11.8 Å². The number of hydrogen-bond acceptors (Lipinski definition) is 2. The van der Waals surface area contributed by atoms with E-state index in [4.69, 9.17) is 5.11 Å². The quantitative estimate of drug-likeness (QED) is 0.811. The lowest BCUT2D eigenvalue weighted by molar-refractivity contribution is 0.204. The highest BCUT2D eigenvalue weighted by Crippen LogP contribution is 2.07. The van der Waals surface area contributed by atoms with Crippen molar-refractivity contribution in [2.75, 3.05) is 13.7 Å². The van der Waals surface area contributed by atoms with Gasteiger partial charge in [-0.15, -0.1) is 0 Å². The third-order valence-electron chi connectivity index (χ3n) is 2.42. The molecular weight excluding hydrogens is 240 g/mol. The van der Waals surface area contributed by atoms with Crippen molar-refractivity contribution in [1.29, 1.82) is 0 Å². The summed E-state index contributed by atoms with van der Waals surface area (Å²) in [4.78, 5) is 13.4. The first-order valence-corrected chi connectivity index (χ1v) is 6.23. The fraction of sp³-hybridized carbons (Fsp3) is 0.400. The normalized spacial score (nSPS) is 9.74. The highest BCUT2D eigenvalue weighted by Gasteiger charge is 2.09. The lowest BCUT2D eigenvalue weighted by Crippen LogP contribution is -2.40. The fourth-order valence-electron chi connectivity index (χ4n) is 1.59. The number of urea groups is 1. The van der Waals surface area contributed by atoms with E-state index in [-0.39, 0.29) is 18.7 Å². The van der Waals surface area contributed by atoms with Crippen LogP contribution in [0.5, 0.6) is 0 Å². The van der Waals surface area contributed by atoms with Gasteiger partial charge in [-0.1, -0.05) is 24.0 Å². The summed E-state index contributed by atoms with van der Waals surface area (Å²) >= 11 is 0. The number of hydrogen-bond donors (Lipinski definition) is 2. The fourth-order valence-corrected chi connectivity index (χ4v) is 1.59. The smallest absolute Gasteiger partial charge is 0.317 e. The minimum atomic E-state index is -0.152. The topological polar surface area (TPSA) is 52.6 Å². The second kappa shape index (κ2) is 7.45. The van der Waals surface area contributed by atoms with Crippen molar-refractivity contribution in [2.45, 2.75) is 26.4 Å². The number of benzene rings is 1. The Bertz CT molecular complexity index is 486. The molecule has 0 aromatic heterocycles. The van der Waals surface area contributed by atoms with Gasteiger partial charge in [0.1, 0.15) is 6.61 Å². The summed E-state index contributed by atoms with van der Waals surface area (Å²) in [6, 6.07) is 7.66. The van der Waals surface area contributed by atoms with E-state index in [2.05, 4.69) is 17.2 Å². The molecule has 1 aromatic carbocycles. The maximum atomic E-state index is 11.8.